The zero-order valence-electron chi connectivity index (χ0n) is 12.6. The molecule has 4 heteroatoms. The van der Waals surface area contributed by atoms with E-state index in [2.05, 4.69) is 0 Å². The normalized spacial score (nSPS) is 10.2. The van der Waals surface area contributed by atoms with Gasteiger partial charge in [0.1, 0.15) is 5.88 Å². The van der Waals surface area contributed by atoms with Crippen LogP contribution < -0.4 is 0 Å². The minimum atomic E-state index is -0.111. The summed E-state index contributed by atoms with van der Waals surface area (Å²) in [4.78, 5) is 13.8. The maximum atomic E-state index is 12.1. The van der Waals surface area contributed by atoms with E-state index in [-0.39, 0.29) is 11.8 Å². The second-order valence-corrected chi connectivity index (χ2v) is 5.15. The zero-order valence-corrected chi connectivity index (χ0v) is 13.3. The number of hydrogen-bond acceptors (Lipinski definition) is 2. The lowest BCUT2D eigenvalue weighted by molar-refractivity contribution is -0.125. The molecule has 0 N–H and O–H groups in total. The number of methoxy groups -OCH3 is 1. The first-order chi connectivity index (χ1) is 9.51. The minimum absolute atomic E-state index is 0.0354. The summed E-state index contributed by atoms with van der Waals surface area (Å²) in [7, 11) is 1.62. The van der Waals surface area contributed by atoms with E-state index in [0.717, 1.165) is 16.8 Å². The topological polar surface area (TPSA) is 29.5 Å². The second-order valence-electron chi connectivity index (χ2n) is 4.89. The molecule has 0 aliphatic carbocycles. The van der Waals surface area contributed by atoms with Crippen LogP contribution in [0.25, 0.3) is 5.70 Å². The van der Waals surface area contributed by atoms with E-state index in [9.17, 15) is 4.79 Å². The van der Waals surface area contributed by atoms with Gasteiger partial charge >= 0.3 is 0 Å². The highest BCUT2D eigenvalue weighted by Crippen LogP contribution is 2.24. The fraction of sp³-hybridized carbons (Fsp3) is 0.438. The lowest BCUT2D eigenvalue weighted by atomic mass is 10.0. The van der Waals surface area contributed by atoms with Gasteiger partial charge in [-0.1, -0.05) is 35.4 Å². The van der Waals surface area contributed by atoms with Gasteiger partial charge < -0.3 is 9.64 Å². The Bertz CT molecular complexity index is 476. The first-order valence-electron chi connectivity index (χ1n) is 6.61. The van der Waals surface area contributed by atoms with Crippen LogP contribution >= 0.6 is 11.6 Å². The molecular weight excluding hydrogens is 274 g/mol. The molecule has 0 saturated heterocycles. The molecule has 3 nitrogen and oxygen atoms in total. The highest BCUT2D eigenvalue weighted by Gasteiger charge is 2.19. The van der Waals surface area contributed by atoms with Crippen molar-refractivity contribution in [3.8, 4) is 0 Å². The molecule has 0 bridgehead atoms. The van der Waals surface area contributed by atoms with Gasteiger partial charge in [-0.25, -0.2) is 0 Å². The predicted octanol–water partition coefficient (Wildman–Crippen LogP) is 3.46. The molecule has 20 heavy (non-hydrogen) atoms. The Morgan fingerprint density at radius 1 is 1.25 bits per heavy atom. The third-order valence-corrected chi connectivity index (χ3v) is 3.23. The summed E-state index contributed by atoms with van der Waals surface area (Å²) in [5.74, 6) is -0.146. The number of allylic oxidation sites excluding steroid dienone is 1. The van der Waals surface area contributed by atoms with Crippen LogP contribution in [0.15, 0.2) is 29.8 Å². The summed E-state index contributed by atoms with van der Waals surface area (Å²) >= 11 is 5.73. The van der Waals surface area contributed by atoms with Crippen molar-refractivity contribution in [1.82, 2.24) is 4.90 Å². The Balaban J connectivity index is 3.18. The number of halogens is 1. The average Bonchev–Trinajstić information content (AvgIpc) is 2.43. The first kappa shape index (κ1) is 16.7. The maximum Gasteiger partial charge on any atom is 0.242 e. The lowest BCUT2D eigenvalue weighted by Crippen LogP contribution is -2.34. The number of benzene rings is 1. The van der Waals surface area contributed by atoms with E-state index < -0.39 is 0 Å². The Kier molecular flexibility index (Phi) is 6.76. The van der Waals surface area contributed by atoms with Crippen LogP contribution in [0.3, 0.4) is 0 Å². The molecule has 0 aromatic heterocycles. The van der Waals surface area contributed by atoms with E-state index in [0.29, 0.717) is 13.2 Å². The van der Waals surface area contributed by atoms with Gasteiger partial charge in [0.25, 0.3) is 0 Å². The van der Waals surface area contributed by atoms with E-state index >= 15 is 0 Å². The highest BCUT2D eigenvalue weighted by atomic mass is 35.5. The molecule has 110 valence electrons. The van der Waals surface area contributed by atoms with Crippen molar-refractivity contribution in [3.63, 3.8) is 0 Å². The molecule has 0 saturated carbocycles. The molecule has 1 aromatic carbocycles. The van der Waals surface area contributed by atoms with Crippen molar-refractivity contribution in [2.75, 3.05) is 26.1 Å². The third-order valence-electron chi connectivity index (χ3n) is 3.00. The Labute approximate surface area is 126 Å². The van der Waals surface area contributed by atoms with E-state index in [1.807, 2.05) is 45.0 Å². The molecule has 1 aromatic rings. The van der Waals surface area contributed by atoms with Gasteiger partial charge in [-0.15, -0.1) is 11.6 Å². The molecule has 0 spiro atoms. The van der Waals surface area contributed by atoms with Crippen molar-refractivity contribution in [2.45, 2.75) is 20.8 Å². The molecular formula is C16H22ClNO2. The predicted molar refractivity (Wildman–Crippen MR) is 83.8 cm³/mol. The summed E-state index contributed by atoms with van der Waals surface area (Å²) in [6, 6.07) is 8.13. The van der Waals surface area contributed by atoms with Crippen LogP contribution in [0.5, 0.6) is 0 Å². The van der Waals surface area contributed by atoms with Gasteiger partial charge in [-0.3, -0.25) is 4.79 Å². The Morgan fingerprint density at radius 2 is 1.85 bits per heavy atom. The number of rotatable bonds is 6. The molecule has 0 aliphatic heterocycles. The van der Waals surface area contributed by atoms with Gasteiger partial charge in [0.15, 0.2) is 0 Å². The van der Waals surface area contributed by atoms with Crippen LogP contribution in [0.1, 0.15) is 25.0 Å². The third kappa shape index (κ3) is 4.36. The van der Waals surface area contributed by atoms with Crippen molar-refractivity contribution in [1.29, 1.82) is 0 Å². The number of carbonyl (C=O) groups excluding carboxylic acids is 1. The first-order valence-corrected chi connectivity index (χ1v) is 7.14. The summed E-state index contributed by atoms with van der Waals surface area (Å²) < 4.78 is 5.09. The fourth-order valence-corrected chi connectivity index (χ4v) is 2.19. The monoisotopic (exact) mass is 295 g/mol. The van der Waals surface area contributed by atoms with Crippen molar-refractivity contribution >= 4 is 23.2 Å². The van der Waals surface area contributed by atoms with E-state index in [4.69, 9.17) is 16.3 Å². The summed E-state index contributed by atoms with van der Waals surface area (Å²) in [5, 5.41) is 0. The number of alkyl halides is 1. The molecule has 0 heterocycles. The smallest absolute Gasteiger partial charge is 0.242 e. The Morgan fingerprint density at radius 3 is 2.30 bits per heavy atom. The molecule has 0 atom stereocenters. The molecule has 0 aliphatic rings. The van der Waals surface area contributed by atoms with E-state index in [1.54, 1.807) is 12.0 Å². The quantitative estimate of drug-likeness (QED) is 0.752. The minimum Gasteiger partial charge on any atom is -0.383 e. The van der Waals surface area contributed by atoms with Crippen LogP contribution in [-0.4, -0.2) is 36.9 Å². The molecule has 1 rings (SSSR count). The largest absolute Gasteiger partial charge is 0.383 e. The SMILES string of the molecule is COCCN(C(=O)CCl)C(=C(C)C)c1ccc(C)cc1. The highest BCUT2D eigenvalue weighted by molar-refractivity contribution is 6.27. The van der Waals surface area contributed by atoms with E-state index in [1.165, 1.54) is 5.56 Å². The number of aryl methyl sites for hydroxylation is 1. The number of carbonyl (C=O) groups is 1. The molecule has 1 amide bonds. The number of nitrogens with zero attached hydrogens (tertiary/aromatic N) is 1. The van der Waals surface area contributed by atoms with Gasteiger partial charge in [0, 0.05) is 19.4 Å². The lowest BCUT2D eigenvalue weighted by Gasteiger charge is -2.26. The summed E-state index contributed by atoms with van der Waals surface area (Å²) in [6.45, 7) is 7.01. The molecule has 0 unspecified atom stereocenters. The van der Waals surface area contributed by atoms with Crippen molar-refractivity contribution in [2.24, 2.45) is 0 Å². The second kappa shape index (κ2) is 8.08. The summed E-state index contributed by atoms with van der Waals surface area (Å²) in [5.41, 5.74) is 4.19. The van der Waals surface area contributed by atoms with Crippen LogP contribution in [0.2, 0.25) is 0 Å². The van der Waals surface area contributed by atoms with Crippen LogP contribution in [0, 0.1) is 6.92 Å². The fourth-order valence-electron chi connectivity index (χ4n) is 2.04. The van der Waals surface area contributed by atoms with Gasteiger partial charge in [-0.2, -0.15) is 0 Å². The van der Waals surface area contributed by atoms with Gasteiger partial charge in [-0.05, 0) is 26.3 Å². The maximum absolute atomic E-state index is 12.1. The molecule has 0 fully saturated rings. The van der Waals surface area contributed by atoms with Crippen LogP contribution in [0.4, 0.5) is 0 Å². The van der Waals surface area contributed by atoms with Gasteiger partial charge in [0.05, 0.1) is 6.61 Å². The average molecular weight is 296 g/mol. The standard InChI is InChI=1S/C16H22ClNO2/c1-12(2)16(14-7-5-13(3)6-8-14)18(9-10-20-4)15(19)11-17/h5-8H,9-11H2,1-4H3. The number of ether oxygens (including phenoxy) is 1. The Hall–Kier alpha value is -1.32. The van der Waals surface area contributed by atoms with Crippen molar-refractivity contribution in [3.05, 3.63) is 41.0 Å². The van der Waals surface area contributed by atoms with Crippen LogP contribution in [-0.2, 0) is 9.53 Å². The zero-order chi connectivity index (χ0) is 15.1. The number of hydrogen-bond donors (Lipinski definition) is 0. The van der Waals surface area contributed by atoms with Gasteiger partial charge in [0.2, 0.25) is 5.91 Å². The molecule has 0 radical (unpaired) electrons. The summed E-state index contributed by atoms with van der Waals surface area (Å²) in [6.07, 6.45) is 0. The van der Waals surface area contributed by atoms with Crippen molar-refractivity contribution < 1.29 is 9.53 Å². The number of amides is 1.